The molecule has 2 heterocycles. The van der Waals surface area contributed by atoms with Gasteiger partial charge in [0.25, 0.3) is 5.91 Å². The fraction of sp³-hybridized carbons (Fsp3) is 0.421. The molecule has 156 valence electrons. The molecule has 0 saturated carbocycles. The zero-order valence-corrected chi connectivity index (χ0v) is 19.0. The molecule has 2 aromatic rings. The van der Waals surface area contributed by atoms with Gasteiger partial charge in [-0.25, -0.2) is 18.4 Å². The van der Waals surface area contributed by atoms with E-state index in [1.54, 1.807) is 23.1 Å². The maximum Gasteiger partial charge on any atom is 0.274 e. The number of thioether (sulfide) groups is 1. The number of amides is 1. The van der Waals surface area contributed by atoms with Crippen LogP contribution in [-0.4, -0.2) is 52.5 Å². The number of carbonyl (C=O) groups is 1. The van der Waals surface area contributed by atoms with Crippen LogP contribution in [0.15, 0.2) is 35.6 Å². The second-order valence-corrected chi connectivity index (χ2v) is 11.0. The lowest BCUT2D eigenvalue weighted by molar-refractivity contribution is 0.0674. The molecule has 1 amide bonds. The SMILES string of the molecule is CCCSc1ncc(Cl)c(C(=O)N(Cc2cccc(Cl)c2)[C@@H]2CCS(=O)(=O)C2)n1. The molecule has 1 aromatic heterocycles. The van der Waals surface area contributed by atoms with Gasteiger partial charge in [-0.15, -0.1) is 0 Å². The molecule has 1 fully saturated rings. The summed E-state index contributed by atoms with van der Waals surface area (Å²) < 4.78 is 24.1. The number of hydrogen-bond donors (Lipinski definition) is 0. The second-order valence-electron chi connectivity index (χ2n) is 6.82. The third kappa shape index (κ3) is 5.84. The maximum atomic E-state index is 13.4. The van der Waals surface area contributed by atoms with Crippen molar-refractivity contribution in [3.63, 3.8) is 0 Å². The lowest BCUT2D eigenvalue weighted by Gasteiger charge is -2.28. The Labute approximate surface area is 184 Å². The Morgan fingerprint density at radius 2 is 2.14 bits per heavy atom. The van der Waals surface area contributed by atoms with Crippen molar-refractivity contribution in [2.24, 2.45) is 0 Å². The van der Waals surface area contributed by atoms with Crippen molar-refractivity contribution in [3.05, 3.63) is 51.8 Å². The topological polar surface area (TPSA) is 80.2 Å². The smallest absolute Gasteiger partial charge is 0.274 e. The van der Waals surface area contributed by atoms with Gasteiger partial charge in [-0.2, -0.15) is 0 Å². The van der Waals surface area contributed by atoms with Crippen LogP contribution >= 0.6 is 35.0 Å². The highest BCUT2D eigenvalue weighted by atomic mass is 35.5. The van der Waals surface area contributed by atoms with E-state index in [1.165, 1.54) is 18.0 Å². The van der Waals surface area contributed by atoms with E-state index in [9.17, 15) is 13.2 Å². The molecule has 29 heavy (non-hydrogen) atoms. The Kier molecular flexibility index (Phi) is 7.42. The van der Waals surface area contributed by atoms with Crippen molar-refractivity contribution < 1.29 is 13.2 Å². The number of benzene rings is 1. The van der Waals surface area contributed by atoms with E-state index < -0.39 is 21.8 Å². The van der Waals surface area contributed by atoms with Crippen LogP contribution in [0.1, 0.15) is 35.8 Å². The molecule has 0 aliphatic carbocycles. The average Bonchev–Trinajstić information content (AvgIpc) is 3.04. The minimum atomic E-state index is -3.18. The summed E-state index contributed by atoms with van der Waals surface area (Å²) in [6.07, 6.45) is 2.75. The van der Waals surface area contributed by atoms with Crippen molar-refractivity contribution >= 4 is 50.7 Å². The predicted molar refractivity (Wildman–Crippen MR) is 116 cm³/mol. The summed E-state index contributed by atoms with van der Waals surface area (Å²) in [5.41, 5.74) is 0.896. The van der Waals surface area contributed by atoms with Crippen molar-refractivity contribution in [2.45, 2.75) is 37.5 Å². The number of nitrogens with zero attached hydrogens (tertiary/aromatic N) is 3. The van der Waals surface area contributed by atoms with Crippen LogP contribution in [0.2, 0.25) is 10.0 Å². The van der Waals surface area contributed by atoms with Crippen molar-refractivity contribution in [2.75, 3.05) is 17.3 Å². The first-order valence-corrected chi connectivity index (χ1v) is 12.8. The Morgan fingerprint density at radius 3 is 2.79 bits per heavy atom. The zero-order valence-electron chi connectivity index (χ0n) is 15.8. The van der Waals surface area contributed by atoms with Gasteiger partial charge in [0, 0.05) is 23.4 Å². The van der Waals surface area contributed by atoms with Crippen LogP contribution in [0.25, 0.3) is 0 Å². The Bertz CT molecular complexity index is 1000. The van der Waals surface area contributed by atoms with Crippen molar-refractivity contribution in [3.8, 4) is 0 Å². The number of sulfone groups is 1. The summed E-state index contributed by atoms with van der Waals surface area (Å²) in [6, 6.07) is 6.71. The first-order valence-electron chi connectivity index (χ1n) is 9.20. The van der Waals surface area contributed by atoms with Gasteiger partial charge in [-0.1, -0.05) is 54.0 Å². The van der Waals surface area contributed by atoms with E-state index in [2.05, 4.69) is 9.97 Å². The Hall–Kier alpha value is -1.35. The van der Waals surface area contributed by atoms with E-state index in [0.717, 1.165) is 17.7 Å². The van der Waals surface area contributed by atoms with Gasteiger partial charge < -0.3 is 4.90 Å². The number of halogens is 2. The molecular formula is C19H21Cl2N3O3S2. The van der Waals surface area contributed by atoms with E-state index in [1.807, 2.05) is 13.0 Å². The highest BCUT2D eigenvalue weighted by molar-refractivity contribution is 7.99. The third-order valence-electron chi connectivity index (χ3n) is 4.51. The van der Waals surface area contributed by atoms with Gasteiger partial charge >= 0.3 is 0 Å². The largest absolute Gasteiger partial charge is 0.329 e. The van der Waals surface area contributed by atoms with E-state index in [4.69, 9.17) is 23.2 Å². The van der Waals surface area contributed by atoms with Gasteiger partial charge in [0.15, 0.2) is 20.7 Å². The lowest BCUT2D eigenvalue weighted by Crippen LogP contribution is -2.41. The van der Waals surface area contributed by atoms with Gasteiger partial charge in [0.1, 0.15) is 0 Å². The summed E-state index contributed by atoms with van der Waals surface area (Å²) in [5, 5.41) is 1.17. The minimum Gasteiger partial charge on any atom is -0.329 e. The molecule has 0 spiro atoms. The summed E-state index contributed by atoms with van der Waals surface area (Å²) in [5.74, 6) is 0.409. The molecule has 0 unspecified atom stereocenters. The standard InChI is InChI=1S/C19H21Cl2N3O3S2/c1-2-7-28-19-22-10-16(21)17(23-19)18(25)24(15-6-8-29(26,27)12-15)11-13-4-3-5-14(20)9-13/h3-5,9-10,15H,2,6-8,11-12H2,1H3/t15-/m1/s1. The summed E-state index contributed by atoms with van der Waals surface area (Å²) >= 11 is 13.8. The normalized spacial score (nSPS) is 18.0. The highest BCUT2D eigenvalue weighted by Crippen LogP contribution is 2.26. The number of aromatic nitrogens is 2. The summed E-state index contributed by atoms with van der Waals surface area (Å²) in [6.45, 7) is 2.26. The van der Waals surface area contributed by atoms with Crippen LogP contribution in [0.5, 0.6) is 0 Å². The summed E-state index contributed by atoms with van der Waals surface area (Å²) in [7, 11) is -3.18. The van der Waals surface area contributed by atoms with Crippen LogP contribution in [0.4, 0.5) is 0 Å². The molecule has 1 aliphatic heterocycles. The molecule has 1 atom stereocenters. The highest BCUT2D eigenvalue weighted by Gasteiger charge is 2.36. The van der Waals surface area contributed by atoms with Crippen LogP contribution in [0.3, 0.4) is 0 Å². The molecule has 1 aromatic carbocycles. The third-order valence-corrected chi connectivity index (χ3v) is 7.84. The van der Waals surface area contributed by atoms with Crippen LogP contribution in [0, 0.1) is 0 Å². The predicted octanol–water partition coefficient (Wildman–Crippen LogP) is 4.12. The fourth-order valence-corrected chi connectivity index (χ4v) is 5.91. The molecule has 6 nitrogen and oxygen atoms in total. The number of carbonyl (C=O) groups excluding carboxylic acids is 1. The maximum absolute atomic E-state index is 13.4. The van der Waals surface area contributed by atoms with E-state index >= 15 is 0 Å². The number of rotatable bonds is 7. The second kappa shape index (κ2) is 9.64. The van der Waals surface area contributed by atoms with Crippen LogP contribution < -0.4 is 0 Å². The van der Waals surface area contributed by atoms with Crippen molar-refractivity contribution in [1.29, 1.82) is 0 Å². The van der Waals surface area contributed by atoms with Crippen LogP contribution in [-0.2, 0) is 16.4 Å². The lowest BCUT2D eigenvalue weighted by atomic mass is 10.1. The van der Waals surface area contributed by atoms with Gasteiger partial charge in [0.2, 0.25) is 0 Å². The zero-order chi connectivity index (χ0) is 21.0. The van der Waals surface area contributed by atoms with Gasteiger partial charge in [-0.05, 0) is 30.5 Å². The van der Waals surface area contributed by atoms with Crippen molar-refractivity contribution in [1.82, 2.24) is 14.9 Å². The number of hydrogen-bond acceptors (Lipinski definition) is 6. The molecule has 0 N–H and O–H groups in total. The minimum absolute atomic E-state index is 0.0616. The molecule has 1 aliphatic rings. The monoisotopic (exact) mass is 473 g/mol. The molecule has 0 radical (unpaired) electrons. The van der Waals surface area contributed by atoms with Gasteiger partial charge in [0.05, 0.1) is 22.7 Å². The first kappa shape index (κ1) is 22.3. The molecule has 1 saturated heterocycles. The Morgan fingerprint density at radius 1 is 1.34 bits per heavy atom. The van der Waals surface area contributed by atoms with E-state index in [0.29, 0.717) is 16.6 Å². The van der Waals surface area contributed by atoms with E-state index in [-0.39, 0.29) is 28.8 Å². The fourth-order valence-electron chi connectivity index (χ4n) is 3.12. The quantitative estimate of drug-likeness (QED) is 0.444. The molecule has 10 heteroatoms. The molecule has 3 rings (SSSR count). The Balaban J connectivity index is 1.94. The summed E-state index contributed by atoms with van der Waals surface area (Å²) in [4.78, 5) is 23.5. The first-order chi connectivity index (χ1) is 13.8. The molecule has 0 bridgehead atoms. The van der Waals surface area contributed by atoms with Gasteiger partial charge in [-0.3, -0.25) is 4.79 Å². The average molecular weight is 474 g/mol. The molecular weight excluding hydrogens is 453 g/mol.